The molecule has 10 heteroatoms. The van der Waals surface area contributed by atoms with E-state index in [0.717, 1.165) is 11.6 Å². The molecule has 2 aromatic heterocycles. The van der Waals surface area contributed by atoms with Crippen molar-refractivity contribution >= 4 is 5.78 Å². The van der Waals surface area contributed by atoms with E-state index in [9.17, 15) is 18.0 Å². The standard InChI is InChI=1S/C16H12F3N5O2/c17-16(18,19)12-5-6-13(20-7-12)15-21-23-24(22-15)8-10-1-3-11(4-2-10)14(26)9-25/h1-7,25H,8-9H2. The molecule has 7 nitrogen and oxygen atoms in total. The van der Waals surface area contributed by atoms with Gasteiger partial charge >= 0.3 is 6.18 Å². The van der Waals surface area contributed by atoms with Gasteiger partial charge in [0.05, 0.1) is 12.1 Å². The number of alkyl halides is 3. The summed E-state index contributed by atoms with van der Waals surface area (Å²) in [6, 6.07) is 8.59. The number of carbonyl (C=O) groups excluding carboxylic acids is 1. The van der Waals surface area contributed by atoms with E-state index in [0.29, 0.717) is 11.8 Å². The zero-order valence-corrected chi connectivity index (χ0v) is 13.2. The molecule has 2 heterocycles. The Morgan fingerprint density at radius 1 is 1.12 bits per heavy atom. The first kappa shape index (κ1) is 17.7. The Morgan fingerprint density at radius 3 is 2.42 bits per heavy atom. The molecule has 0 amide bonds. The average Bonchev–Trinajstić information content (AvgIpc) is 3.09. The molecule has 134 valence electrons. The van der Waals surface area contributed by atoms with E-state index in [-0.39, 0.29) is 23.8 Å². The molecule has 0 radical (unpaired) electrons. The van der Waals surface area contributed by atoms with Gasteiger partial charge in [-0.1, -0.05) is 24.3 Å². The minimum Gasteiger partial charge on any atom is -0.388 e. The fourth-order valence-electron chi connectivity index (χ4n) is 2.16. The summed E-state index contributed by atoms with van der Waals surface area (Å²) in [6.45, 7) is -0.311. The van der Waals surface area contributed by atoms with Crippen molar-refractivity contribution in [1.82, 2.24) is 25.2 Å². The fraction of sp³-hybridized carbons (Fsp3) is 0.188. The number of hydrogen-bond acceptors (Lipinski definition) is 6. The average molecular weight is 363 g/mol. The van der Waals surface area contributed by atoms with Crippen molar-refractivity contribution in [3.05, 3.63) is 59.3 Å². The van der Waals surface area contributed by atoms with Crippen LogP contribution >= 0.6 is 0 Å². The number of halogens is 3. The minimum absolute atomic E-state index is 0.103. The third-order valence-corrected chi connectivity index (χ3v) is 3.52. The number of nitrogens with zero attached hydrogens (tertiary/aromatic N) is 5. The molecule has 1 N–H and O–H groups in total. The number of aliphatic hydroxyl groups is 1. The number of benzene rings is 1. The summed E-state index contributed by atoms with van der Waals surface area (Å²) in [5, 5.41) is 20.5. The Hall–Kier alpha value is -3.14. The van der Waals surface area contributed by atoms with Gasteiger partial charge in [0.25, 0.3) is 0 Å². The molecule has 1 aromatic carbocycles. The summed E-state index contributed by atoms with van der Waals surface area (Å²) in [5.41, 5.74) is 0.487. The Morgan fingerprint density at radius 2 is 1.85 bits per heavy atom. The van der Waals surface area contributed by atoms with Crippen molar-refractivity contribution < 1.29 is 23.1 Å². The lowest BCUT2D eigenvalue weighted by Gasteiger charge is -2.05. The molecule has 0 spiro atoms. The quantitative estimate of drug-likeness (QED) is 0.697. The zero-order chi connectivity index (χ0) is 18.7. The van der Waals surface area contributed by atoms with Crippen molar-refractivity contribution in [3.8, 4) is 11.5 Å². The van der Waals surface area contributed by atoms with Gasteiger partial charge in [-0.25, -0.2) is 0 Å². The number of aromatic nitrogens is 5. The number of carbonyl (C=O) groups is 1. The summed E-state index contributed by atoms with van der Waals surface area (Å²) < 4.78 is 37.6. The third kappa shape index (κ3) is 3.91. The SMILES string of the molecule is O=C(CO)c1ccc(Cn2nnc(-c3ccc(C(F)(F)F)cn3)n2)cc1. The summed E-state index contributed by atoms with van der Waals surface area (Å²) in [4.78, 5) is 16.3. The second-order valence-corrected chi connectivity index (χ2v) is 5.35. The van der Waals surface area contributed by atoms with E-state index in [4.69, 9.17) is 5.11 Å². The summed E-state index contributed by atoms with van der Waals surface area (Å²) >= 11 is 0. The maximum Gasteiger partial charge on any atom is 0.417 e. The van der Waals surface area contributed by atoms with Gasteiger partial charge in [0.15, 0.2) is 5.78 Å². The molecule has 3 aromatic rings. The van der Waals surface area contributed by atoms with Crippen LogP contribution < -0.4 is 0 Å². The van der Waals surface area contributed by atoms with Crippen LogP contribution in [-0.4, -0.2) is 42.7 Å². The van der Waals surface area contributed by atoms with Gasteiger partial charge in [-0.05, 0) is 22.9 Å². The molecule has 0 aliphatic rings. The molecule has 0 aliphatic heterocycles. The highest BCUT2D eigenvalue weighted by molar-refractivity contribution is 5.96. The zero-order valence-electron chi connectivity index (χ0n) is 13.2. The molecule has 0 unspecified atom stereocenters. The van der Waals surface area contributed by atoms with Crippen LogP contribution in [0.25, 0.3) is 11.5 Å². The number of pyridine rings is 1. The number of ketones is 1. The van der Waals surface area contributed by atoms with Crippen molar-refractivity contribution in [2.45, 2.75) is 12.7 Å². The van der Waals surface area contributed by atoms with Gasteiger partial charge in [-0.2, -0.15) is 18.0 Å². The second-order valence-electron chi connectivity index (χ2n) is 5.35. The first-order valence-electron chi connectivity index (χ1n) is 7.41. The van der Waals surface area contributed by atoms with E-state index in [2.05, 4.69) is 20.4 Å². The van der Waals surface area contributed by atoms with Crippen LogP contribution in [-0.2, 0) is 12.7 Å². The first-order valence-corrected chi connectivity index (χ1v) is 7.41. The predicted octanol–water partition coefficient (Wildman–Crippen LogP) is 1.98. The van der Waals surface area contributed by atoms with E-state index in [1.807, 2.05) is 0 Å². The summed E-state index contributed by atoms with van der Waals surface area (Å²) in [7, 11) is 0. The molecular formula is C16H12F3N5O2. The van der Waals surface area contributed by atoms with Crippen molar-refractivity contribution in [1.29, 1.82) is 0 Å². The lowest BCUT2D eigenvalue weighted by molar-refractivity contribution is -0.137. The Kier molecular flexibility index (Phi) is 4.76. The van der Waals surface area contributed by atoms with Gasteiger partial charge < -0.3 is 5.11 Å². The molecule has 3 rings (SSSR count). The smallest absolute Gasteiger partial charge is 0.388 e. The molecular weight excluding hydrogens is 351 g/mol. The summed E-state index contributed by atoms with van der Waals surface area (Å²) in [6.07, 6.45) is -3.74. The maximum atomic E-state index is 12.5. The molecule has 26 heavy (non-hydrogen) atoms. The van der Waals surface area contributed by atoms with Crippen molar-refractivity contribution in [3.63, 3.8) is 0 Å². The first-order chi connectivity index (χ1) is 12.4. The largest absolute Gasteiger partial charge is 0.417 e. The Bertz CT molecular complexity index is 905. The van der Waals surface area contributed by atoms with E-state index >= 15 is 0 Å². The number of aliphatic hydroxyl groups excluding tert-OH is 1. The van der Waals surface area contributed by atoms with Crippen LogP contribution in [0.2, 0.25) is 0 Å². The number of Topliss-reactive ketones (excluding diaryl/α,β-unsaturated/α-hetero) is 1. The number of rotatable bonds is 5. The maximum absolute atomic E-state index is 12.5. The van der Waals surface area contributed by atoms with E-state index in [1.165, 1.54) is 10.9 Å². The van der Waals surface area contributed by atoms with Crippen LogP contribution in [0.4, 0.5) is 13.2 Å². The molecule has 0 fully saturated rings. The fourth-order valence-corrected chi connectivity index (χ4v) is 2.16. The number of tetrazole rings is 1. The van der Waals surface area contributed by atoms with Gasteiger partial charge in [0.2, 0.25) is 5.82 Å². The monoisotopic (exact) mass is 363 g/mol. The molecule has 0 atom stereocenters. The van der Waals surface area contributed by atoms with E-state index in [1.54, 1.807) is 24.3 Å². The van der Waals surface area contributed by atoms with Crippen LogP contribution in [0.1, 0.15) is 21.5 Å². The van der Waals surface area contributed by atoms with E-state index < -0.39 is 18.3 Å². The second kappa shape index (κ2) is 7.00. The lowest BCUT2D eigenvalue weighted by atomic mass is 10.1. The van der Waals surface area contributed by atoms with Crippen LogP contribution in [0.15, 0.2) is 42.6 Å². The topological polar surface area (TPSA) is 93.8 Å². The third-order valence-electron chi connectivity index (χ3n) is 3.52. The molecule has 0 bridgehead atoms. The summed E-state index contributed by atoms with van der Waals surface area (Å²) in [5.74, 6) is -0.281. The Balaban J connectivity index is 1.73. The molecule has 0 saturated carbocycles. The van der Waals surface area contributed by atoms with Gasteiger partial charge in [0.1, 0.15) is 12.3 Å². The molecule has 0 aliphatic carbocycles. The lowest BCUT2D eigenvalue weighted by Crippen LogP contribution is -2.07. The van der Waals surface area contributed by atoms with Gasteiger partial charge in [0, 0.05) is 11.8 Å². The predicted molar refractivity (Wildman–Crippen MR) is 83.0 cm³/mol. The van der Waals surface area contributed by atoms with Gasteiger partial charge in [-0.3, -0.25) is 9.78 Å². The van der Waals surface area contributed by atoms with Crippen molar-refractivity contribution in [2.75, 3.05) is 6.61 Å². The molecule has 0 saturated heterocycles. The highest BCUT2D eigenvalue weighted by atomic mass is 19.4. The van der Waals surface area contributed by atoms with Crippen molar-refractivity contribution in [2.24, 2.45) is 0 Å². The highest BCUT2D eigenvalue weighted by Crippen LogP contribution is 2.29. The normalized spacial score (nSPS) is 11.5. The highest BCUT2D eigenvalue weighted by Gasteiger charge is 2.30. The van der Waals surface area contributed by atoms with Crippen LogP contribution in [0.5, 0.6) is 0 Å². The van der Waals surface area contributed by atoms with Crippen LogP contribution in [0.3, 0.4) is 0 Å². The number of hydrogen-bond donors (Lipinski definition) is 1. The van der Waals surface area contributed by atoms with Gasteiger partial charge in [-0.15, -0.1) is 10.2 Å². The minimum atomic E-state index is -4.46. The Labute approximate surface area is 145 Å². The van der Waals surface area contributed by atoms with Crippen LogP contribution in [0, 0.1) is 0 Å².